The van der Waals surface area contributed by atoms with Crippen LogP contribution in [-0.4, -0.2) is 30.4 Å². The van der Waals surface area contributed by atoms with Gasteiger partial charge in [0.2, 0.25) is 0 Å². The van der Waals surface area contributed by atoms with Crippen LogP contribution in [0.3, 0.4) is 0 Å². The molecular formula is C3H7N2O2. The zero-order valence-electron chi connectivity index (χ0n) is 4.13. The first kappa shape index (κ1) is 4.99. The maximum absolute atomic E-state index is 10.1. The average molecular weight is 103 g/mol. The normalized spacial score (nSPS) is 26.6. The molecule has 0 unspecified atom stereocenters. The lowest BCUT2D eigenvalue weighted by atomic mass is 10.7. The molecule has 0 atom stereocenters. The number of hydrogen-bond donors (Lipinski definition) is 0. The van der Waals surface area contributed by atoms with E-state index in [1.54, 1.807) is 7.05 Å². The van der Waals surface area contributed by atoms with E-state index in [-0.39, 0.29) is 0 Å². The van der Waals surface area contributed by atoms with Crippen molar-refractivity contribution >= 4 is 0 Å². The van der Waals surface area contributed by atoms with Crippen LogP contribution in [0.15, 0.2) is 0 Å². The minimum atomic E-state index is 0.455. The smallest absolute Gasteiger partial charge is 0.0719 e. The highest BCUT2D eigenvalue weighted by Crippen LogP contribution is 1.98. The molecule has 1 heterocycles. The summed E-state index contributed by atoms with van der Waals surface area (Å²) in [5, 5.41) is 12.2. The van der Waals surface area contributed by atoms with E-state index in [0.29, 0.717) is 18.3 Å². The van der Waals surface area contributed by atoms with E-state index in [4.69, 9.17) is 0 Å². The van der Waals surface area contributed by atoms with Gasteiger partial charge in [0.15, 0.2) is 0 Å². The molecular weight excluding hydrogens is 96.0 g/mol. The molecule has 0 spiro atoms. The second-order valence-corrected chi connectivity index (χ2v) is 1.49. The number of nitrogens with zero attached hydrogens (tertiary/aromatic N) is 2. The van der Waals surface area contributed by atoms with Gasteiger partial charge >= 0.3 is 0 Å². The summed E-state index contributed by atoms with van der Waals surface area (Å²) in [5.74, 6) is 0. The predicted octanol–water partition coefficient (Wildman–Crippen LogP) is -0.574. The Bertz CT molecular complexity index is 60.0. The first-order valence-corrected chi connectivity index (χ1v) is 2.13. The summed E-state index contributed by atoms with van der Waals surface area (Å²) in [6.07, 6.45) is 0. The fourth-order valence-corrected chi connectivity index (χ4v) is 0.460. The van der Waals surface area contributed by atoms with Gasteiger partial charge in [-0.3, -0.25) is 0 Å². The van der Waals surface area contributed by atoms with Crippen LogP contribution in [0.1, 0.15) is 0 Å². The third-order valence-corrected chi connectivity index (χ3v) is 0.828. The lowest BCUT2D eigenvalue weighted by molar-refractivity contribution is -0.416. The topological polar surface area (TPSA) is 35.6 Å². The van der Waals surface area contributed by atoms with Gasteiger partial charge in [0, 0.05) is 13.6 Å². The van der Waals surface area contributed by atoms with Crippen LogP contribution < -0.4 is 0 Å². The molecule has 1 rings (SSSR count). The molecule has 0 saturated carbocycles. The summed E-state index contributed by atoms with van der Waals surface area (Å²) in [5.41, 5.74) is 0. The minimum absolute atomic E-state index is 0.455. The molecule has 1 aliphatic rings. The monoisotopic (exact) mass is 103 g/mol. The van der Waals surface area contributed by atoms with Crippen LogP contribution in [0.4, 0.5) is 0 Å². The van der Waals surface area contributed by atoms with E-state index in [2.05, 4.69) is 4.94 Å². The Morgan fingerprint density at radius 2 is 2.29 bits per heavy atom. The molecule has 41 valence electrons. The van der Waals surface area contributed by atoms with Crippen molar-refractivity contribution in [2.24, 2.45) is 0 Å². The molecule has 1 fully saturated rings. The van der Waals surface area contributed by atoms with Crippen LogP contribution in [0.5, 0.6) is 0 Å². The molecule has 1 aliphatic heterocycles. The van der Waals surface area contributed by atoms with E-state index in [9.17, 15) is 5.21 Å². The summed E-state index contributed by atoms with van der Waals surface area (Å²) in [7, 11) is 1.72. The van der Waals surface area contributed by atoms with Gasteiger partial charge in [0.1, 0.15) is 0 Å². The summed E-state index contributed by atoms with van der Waals surface area (Å²) >= 11 is 0. The SMILES string of the molecule is CN1CCN([O])O1. The lowest BCUT2D eigenvalue weighted by Crippen LogP contribution is -2.13. The van der Waals surface area contributed by atoms with Crippen molar-refractivity contribution in [2.75, 3.05) is 20.1 Å². The van der Waals surface area contributed by atoms with E-state index in [1.807, 2.05) is 0 Å². The van der Waals surface area contributed by atoms with E-state index < -0.39 is 0 Å². The summed E-state index contributed by atoms with van der Waals surface area (Å²) in [4.78, 5) is 4.47. The molecule has 0 amide bonds. The van der Waals surface area contributed by atoms with Gasteiger partial charge in [0.05, 0.1) is 6.54 Å². The number of rotatable bonds is 0. The minimum Gasteiger partial charge on any atom is -0.180 e. The Hall–Kier alpha value is -0.160. The first-order valence-electron chi connectivity index (χ1n) is 2.13. The third-order valence-electron chi connectivity index (χ3n) is 0.828. The van der Waals surface area contributed by atoms with Crippen molar-refractivity contribution in [3.63, 3.8) is 0 Å². The molecule has 7 heavy (non-hydrogen) atoms. The van der Waals surface area contributed by atoms with Gasteiger partial charge in [-0.05, 0) is 5.23 Å². The standard InChI is InChI=1S/C3H7N2O2/c1-4-2-3-5(6)7-4/h2-3H2,1H3. The Kier molecular flexibility index (Phi) is 1.25. The lowest BCUT2D eigenvalue weighted by Gasteiger charge is -2.02. The third kappa shape index (κ3) is 1.10. The van der Waals surface area contributed by atoms with Gasteiger partial charge < -0.3 is 0 Å². The van der Waals surface area contributed by atoms with Crippen LogP contribution in [-0.2, 0) is 10.1 Å². The van der Waals surface area contributed by atoms with Gasteiger partial charge in [-0.25, -0.2) is 0 Å². The fraction of sp³-hybridized carbons (Fsp3) is 1.00. The van der Waals surface area contributed by atoms with Gasteiger partial charge in [-0.2, -0.15) is 10.0 Å². The van der Waals surface area contributed by atoms with E-state index in [1.165, 1.54) is 5.06 Å². The molecule has 0 N–H and O–H groups in total. The van der Waals surface area contributed by atoms with E-state index >= 15 is 0 Å². The molecule has 4 heteroatoms. The second-order valence-electron chi connectivity index (χ2n) is 1.49. The summed E-state index contributed by atoms with van der Waals surface area (Å²) < 4.78 is 0. The van der Waals surface area contributed by atoms with Crippen molar-refractivity contribution in [3.05, 3.63) is 0 Å². The highest BCUT2D eigenvalue weighted by Gasteiger charge is 2.15. The fourth-order valence-electron chi connectivity index (χ4n) is 0.460. The molecule has 1 radical (unpaired) electrons. The highest BCUT2D eigenvalue weighted by molar-refractivity contribution is 4.41. The average Bonchev–Trinajstić information content (AvgIpc) is 1.87. The van der Waals surface area contributed by atoms with Crippen molar-refractivity contribution in [3.8, 4) is 0 Å². The Labute approximate surface area is 41.8 Å². The molecule has 0 aliphatic carbocycles. The Morgan fingerprint density at radius 3 is 2.43 bits per heavy atom. The van der Waals surface area contributed by atoms with Crippen LogP contribution in [0, 0.1) is 0 Å². The summed E-state index contributed by atoms with van der Waals surface area (Å²) in [6.45, 7) is 1.15. The zero-order chi connectivity index (χ0) is 5.28. The van der Waals surface area contributed by atoms with Crippen molar-refractivity contribution in [2.45, 2.75) is 0 Å². The number of hydroxylamine groups is 4. The zero-order valence-corrected chi connectivity index (χ0v) is 4.13. The van der Waals surface area contributed by atoms with Gasteiger partial charge in [0.25, 0.3) is 0 Å². The van der Waals surface area contributed by atoms with Crippen LogP contribution in [0.2, 0.25) is 0 Å². The molecule has 4 nitrogen and oxygen atoms in total. The second kappa shape index (κ2) is 1.75. The Morgan fingerprint density at radius 1 is 1.57 bits per heavy atom. The van der Waals surface area contributed by atoms with Crippen LogP contribution >= 0.6 is 0 Å². The quantitative estimate of drug-likeness (QED) is 0.411. The first-order chi connectivity index (χ1) is 3.29. The largest absolute Gasteiger partial charge is 0.180 e. The van der Waals surface area contributed by atoms with Gasteiger partial charge in [-0.15, -0.1) is 0 Å². The maximum Gasteiger partial charge on any atom is 0.0719 e. The van der Waals surface area contributed by atoms with Crippen LogP contribution in [0.25, 0.3) is 0 Å². The van der Waals surface area contributed by atoms with E-state index in [0.717, 1.165) is 0 Å². The van der Waals surface area contributed by atoms with Crippen molar-refractivity contribution < 1.29 is 10.1 Å². The molecule has 0 bridgehead atoms. The molecule has 0 aromatic carbocycles. The van der Waals surface area contributed by atoms with Gasteiger partial charge in [-0.1, -0.05) is 5.21 Å². The number of hydrogen-bond acceptors (Lipinski definition) is 3. The van der Waals surface area contributed by atoms with Crippen molar-refractivity contribution in [1.29, 1.82) is 0 Å². The molecule has 0 aromatic rings. The predicted molar refractivity (Wildman–Crippen MR) is 21.1 cm³/mol. The Balaban J connectivity index is 2.26. The highest BCUT2D eigenvalue weighted by atomic mass is 17.0. The summed E-state index contributed by atoms with van der Waals surface area (Å²) in [6, 6.07) is 0. The van der Waals surface area contributed by atoms with Crippen molar-refractivity contribution in [1.82, 2.24) is 10.3 Å². The maximum atomic E-state index is 10.1. The molecule has 1 saturated heterocycles. The molecule has 0 aromatic heterocycles. The number of likely N-dealkylation sites (N-methyl/N-ethyl adjacent to an activating group) is 1.